The number of aliphatic hydroxyl groups is 2. The first-order chi connectivity index (χ1) is 7.52. The van der Waals surface area contributed by atoms with Crippen molar-refractivity contribution in [3.63, 3.8) is 0 Å². The molecule has 1 atom stereocenters. The van der Waals surface area contributed by atoms with Crippen molar-refractivity contribution in [2.75, 3.05) is 33.7 Å². The summed E-state index contributed by atoms with van der Waals surface area (Å²) in [5.74, 6) is 0. The maximum atomic E-state index is 10.2. The van der Waals surface area contributed by atoms with Gasteiger partial charge in [-0.15, -0.1) is 0 Å². The minimum atomic E-state index is -0.532. The maximum absolute atomic E-state index is 10.2. The van der Waals surface area contributed by atoms with Crippen molar-refractivity contribution >= 4 is 0 Å². The fourth-order valence-electron chi connectivity index (χ4n) is 2.34. The average molecular weight is 230 g/mol. The van der Waals surface area contributed by atoms with E-state index in [0.717, 1.165) is 25.7 Å². The van der Waals surface area contributed by atoms with Gasteiger partial charge in [0, 0.05) is 19.6 Å². The lowest BCUT2D eigenvalue weighted by atomic mass is 9.85. The maximum Gasteiger partial charge on any atom is 0.0791 e. The molecular formula is C12H26N2O2. The predicted molar refractivity (Wildman–Crippen MR) is 65.5 cm³/mol. The summed E-state index contributed by atoms with van der Waals surface area (Å²) in [6.07, 6.45) is 4.91. The lowest BCUT2D eigenvalue weighted by Crippen LogP contribution is -2.45. The highest BCUT2D eigenvalue weighted by molar-refractivity contribution is 4.84. The van der Waals surface area contributed by atoms with Gasteiger partial charge in [0.15, 0.2) is 0 Å². The van der Waals surface area contributed by atoms with E-state index >= 15 is 0 Å². The Labute approximate surface area is 98.6 Å². The molecule has 0 aliphatic heterocycles. The lowest BCUT2D eigenvalue weighted by molar-refractivity contribution is 0.00218. The molecule has 1 fully saturated rings. The van der Waals surface area contributed by atoms with E-state index in [1.165, 1.54) is 6.42 Å². The third kappa shape index (κ3) is 5.25. The summed E-state index contributed by atoms with van der Waals surface area (Å²) in [6.45, 7) is 1.82. The molecule has 1 unspecified atom stereocenters. The van der Waals surface area contributed by atoms with Crippen molar-refractivity contribution in [1.29, 1.82) is 0 Å². The summed E-state index contributed by atoms with van der Waals surface area (Å²) in [5, 5.41) is 23.0. The molecule has 4 heteroatoms. The first-order valence-electron chi connectivity index (χ1n) is 6.28. The Kier molecular flexibility index (Phi) is 5.69. The zero-order chi connectivity index (χ0) is 12.0. The van der Waals surface area contributed by atoms with Crippen LogP contribution < -0.4 is 5.32 Å². The Balaban J connectivity index is 2.13. The second-order valence-corrected chi connectivity index (χ2v) is 5.33. The van der Waals surface area contributed by atoms with E-state index in [9.17, 15) is 10.2 Å². The third-order valence-corrected chi connectivity index (χ3v) is 3.19. The quantitative estimate of drug-likeness (QED) is 0.610. The number of hydrogen-bond donors (Lipinski definition) is 3. The smallest absolute Gasteiger partial charge is 0.0791 e. The molecule has 0 saturated heterocycles. The Bertz CT molecular complexity index is 191. The highest BCUT2D eigenvalue weighted by Crippen LogP contribution is 2.27. The third-order valence-electron chi connectivity index (χ3n) is 3.19. The van der Waals surface area contributed by atoms with Crippen LogP contribution in [-0.2, 0) is 0 Å². The molecule has 1 saturated carbocycles. The molecule has 4 nitrogen and oxygen atoms in total. The van der Waals surface area contributed by atoms with Gasteiger partial charge in [-0.05, 0) is 26.9 Å². The normalized spacial score (nSPS) is 22.3. The van der Waals surface area contributed by atoms with E-state index in [0.29, 0.717) is 19.6 Å². The molecule has 0 aromatic rings. The zero-order valence-electron chi connectivity index (χ0n) is 10.6. The van der Waals surface area contributed by atoms with Crippen LogP contribution in [-0.4, -0.2) is 60.5 Å². The predicted octanol–water partition coefficient (Wildman–Crippen LogP) is 0.194. The molecule has 96 valence electrons. The van der Waals surface area contributed by atoms with E-state index in [1.54, 1.807) is 0 Å². The molecule has 1 aliphatic rings. The van der Waals surface area contributed by atoms with Crippen LogP contribution in [0.5, 0.6) is 0 Å². The number of nitrogens with zero attached hydrogens (tertiary/aromatic N) is 1. The number of likely N-dealkylation sites (N-methyl/N-ethyl adjacent to an activating group) is 1. The van der Waals surface area contributed by atoms with E-state index in [1.807, 2.05) is 19.0 Å². The van der Waals surface area contributed by atoms with Gasteiger partial charge < -0.3 is 20.4 Å². The van der Waals surface area contributed by atoms with E-state index in [2.05, 4.69) is 5.32 Å². The zero-order valence-corrected chi connectivity index (χ0v) is 10.6. The molecule has 0 heterocycles. The summed E-state index contributed by atoms with van der Waals surface area (Å²) >= 11 is 0. The summed E-state index contributed by atoms with van der Waals surface area (Å²) in [6, 6.07) is 0. The second kappa shape index (κ2) is 6.55. The first-order valence-corrected chi connectivity index (χ1v) is 6.28. The van der Waals surface area contributed by atoms with Crippen LogP contribution in [0.4, 0.5) is 0 Å². The second-order valence-electron chi connectivity index (χ2n) is 5.33. The molecule has 0 bridgehead atoms. The highest BCUT2D eigenvalue weighted by atomic mass is 16.3. The summed E-state index contributed by atoms with van der Waals surface area (Å²) in [7, 11) is 3.88. The Morgan fingerprint density at radius 3 is 2.44 bits per heavy atom. The Morgan fingerprint density at radius 2 is 1.88 bits per heavy atom. The fraction of sp³-hybridized carbons (Fsp3) is 1.00. The number of hydrogen-bond acceptors (Lipinski definition) is 4. The molecule has 16 heavy (non-hydrogen) atoms. The van der Waals surface area contributed by atoms with E-state index in [4.69, 9.17) is 0 Å². The van der Waals surface area contributed by atoms with Crippen LogP contribution in [0.1, 0.15) is 32.1 Å². The van der Waals surface area contributed by atoms with Crippen molar-refractivity contribution in [1.82, 2.24) is 10.2 Å². The standard InChI is InChI=1S/C12H26N2O2/c1-14(2)9-11(15)8-13-10-12(16)6-4-3-5-7-12/h11,13,15-16H,3-10H2,1-2H3. The van der Waals surface area contributed by atoms with Gasteiger partial charge >= 0.3 is 0 Å². The number of aliphatic hydroxyl groups excluding tert-OH is 1. The van der Waals surface area contributed by atoms with Crippen LogP contribution in [0.15, 0.2) is 0 Å². The van der Waals surface area contributed by atoms with Crippen molar-refractivity contribution in [2.24, 2.45) is 0 Å². The largest absolute Gasteiger partial charge is 0.390 e. The van der Waals surface area contributed by atoms with Gasteiger partial charge in [-0.25, -0.2) is 0 Å². The monoisotopic (exact) mass is 230 g/mol. The Morgan fingerprint density at radius 1 is 1.25 bits per heavy atom. The van der Waals surface area contributed by atoms with Crippen LogP contribution in [0, 0.1) is 0 Å². The topological polar surface area (TPSA) is 55.7 Å². The van der Waals surface area contributed by atoms with Crippen LogP contribution in [0.3, 0.4) is 0 Å². The number of nitrogens with one attached hydrogen (secondary N) is 1. The lowest BCUT2D eigenvalue weighted by Gasteiger charge is -2.32. The molecule has 0 aromatic heterocycles. The minimum absolute atomic E-state index is 0.359. The van der Waals surface area contributed by atoms with Gasteiger partial charge in [0.2, 0.25) is 0 Å². The van der Waals surface area contributed by atoms with Gasteiger partial charge in [0.25, 0.3) is 0 Å². The van der Waals surface area contributed by atoms with Gasteiger partial charge in [0.1, 0.15) is 0 Å². The fourth-order valence-corrected chi connectivity index (χ4v) is 2.34. The molecule has 0 spiro atoms. The molecular weight excluding hydrogens is 204 g/mol. The molecule has 0 amide bonds. The van der Waals surface area contributed by atoms with Crippen molar-refractivity contribution in [3.8, 4) is 0 Å². The van der Waals surface area contributed by atoms with Gasteiger partial charge in [-0.1, -0.05) is 19.3 Å². The average Bonchev–Trinajstić information content (AvgIpc) is 2.17. The summed E-state index contributed by atoms with van der Waals surface area (Å²) < 4.78 is 0. The first kappa shape index (κ1) is 13.9. The summed E-state index contributed by atoms with van der Waals surface area (Å²) in [5.41, 5.74) is -0.532. The molecule has 0 aromatic carbocycles. The van der Waals surface area contributed by atoms with Crippen molar-refractivity contribution < 1.29 is 10.2 Å². The Hall–Kier alpha value is -0.160. The van der Waals surface area contributed by atoms with Crippen molar-refractivity contribution in [2.45, 2.75) is 43.8 Å². The van der Waals surface area contributed by atoms with Crippen LogP contribution in [0.2, 0.25) is 0 Å². The van der Waals surface area contributed by atoms with E-state index in [-0.39, 0.29) is 6.10 Å². The molecule has 1 aliphatic carbocycles. The van der Waals surface area contributed by atoms with E-state index < -0.39 is 5.60 Å². The summed E-state index contributed by atoms with van der Waals surface area (Å²) in [4.78, 5) is 1.96. The SMILES string of the molecule is CN(C)CC(O)CNCC1(O)CCCCC1. The highest BCUT2D eigenvalue weighted by Gasteiger charge is 2.28. The minimum Gasteiger partial charge on any atom is -0.390 e. The molecule has 1 rings (SSSR count). The number of rotatable bonds is 6. The van der Waals surface area contributed by atoms with Gasteiger partial charge in [0.05, 0.1) is 11.7 Å². The van der Waals surface area contributed by atoms with Gasteiger partial charge in [-0.3, -0.25) is 0 Å². The molecule has 0 radical (unpaired) electrons. The van der Waals surface area contributed by atoms with Gasteiger partial charge in [-0.2, -0.15) is 0 Å². The van der Waals surface area contributed by atoms with Crippen molar-refractivity contribution in [3.05, 3.63) is 0 Å². The molecule has 3 N–H and O–H groups in total. The van der Waals surface area contributed by atoms with Crippen LogP contribution in [0.25, 0.3) is 0 Å². The van der Waals surface area contributed by atoms with Crippen LogP contribution >= 0.6 is 0 Å².